The minimum Gasteiger partial charge on any atom is -0.347 e. The van der Waals surface area contributed by atoms with Crippen molar-refractivity contribution < 1.29 is 0 Å². The lowest BCUT2D eigenvalue weighted by atomic mass is 10.4. The largest absolute Gasteiger partial charge is 0.347 e. The summed E-state index contributed by atoms with van der Waals surface area (Å²) in [5.41, 5.74) is 5.48. The van der Waals surface area contributed by atoms with Crippen LogP contribution in [0.15, 0.2) is 0 Å². The van der Waals surface area contributed by atoms with Gasteiger partial charge < -0.3 is 10.6 Å². The molecule has 0 saturated heterocycles. The van der Waals surface area contributed by atoms with E-state index < -0.39 is 0 Å². The molecule has 0 unspecified atom stereocenters. The van der Waals surface area contributed by atoms with Crippen LogP contribution in [0.5, 0.6) is 0 Å². The first kappa shape index (κ1) is 11.4. The van der Waals surface area contributed by atoms with E-state index in [-0.39, 0.29) is 0 Å². The fourth-order valence-electron chi connectivity index (χ4n) is 1.19. The summed E-state index contributed by atoms with van der Waals surface area (Å²) in [5, 5.41) is 1.03. The van der Waals surface area contributed by atoms with E-state index in [9.17, 15) is 0 Å². The van der Waals surface area contributed by atoms with Gasteiger partial charge in [0.15, 0.2) is 0 Å². The van der Waals surface area contributed by atoms with E-state index in [2.05, 4.69) is 28.1 Å². The lowest BCUT2D eigenvalue weighted by Crippen LogP contribution is -2.25. The SMILES string of the molecule is CCc1nsc(N(CC)CCCN)n1. The smallest absolute Gasteiger partial charge is 0.205 e. The van der Waals surface area contributed by atoms with E-state index in [1.165, 1.54) is 11.5 Å². The van der Waals surface area contributed by atoms with E-state index in [0.717, 1.165) is 43.4 Å². The van der Waals surface area contributed by atoms with Gasteiger partial charge >= 0.3 is 0 Å². The molecule has 0 aliphatic heterocycles. The Balaban J connectivity index is 2.58. The first-order valence-corrected chi connectivity index (χ1v) is 5.86. The number of anilines is 1. The number of aromatic nitrogens is 2. The van der Waals surface area contributed by atoms with Crippen molar-refractivity contribution in [3.8, 4) is 0 Å². The molecule has 14 heavy (non-hydrogen) atoms. The van der Waals surface area contributed by atoms with Crippen LogP contribution in [0.25, 0.3) is 0 Å². The molecule has 4 nitrogen and oxygen atoms in total. The highest BCUT2D eigenvalue weighted by Crippen LogP contribution is 2.17. The second-order valence-electron chi connectivity index (χ2n) is 3.07. The number of hydrogen-bond donors (Lipinski definition) is 1. The van der Waals surface area contributed by atoms with Gasteiger partial charge in [-0.1, -0.05) is 6.92 Å². The number of nitrogens with two attached hydrogens (primary N) is 1. The Labute approximate surface area is 89.3 Å². The molecule has 0 aliphatic rings. The summed E-state index contributed by atoms with van der Waals surface area (Å²) >= 11 is 1.48. The molecule has 0 fully saturated rings. The van der Waals surface area contributed by atoms with Crippen molar-refractivity contribution in [1.29, 1.82) is 0 Å². The van der Waals surface area contributed by atoms with Crippen LogP contribution in [0.3, 0.4) is 0 Å². The molecule has 1 aromatic rings. The maximum absolute atomic E-state index is 5.48. The fraction of sp³-hybridized carbons (Fsp3) is 0.778. The fourth-order valence-corrected chi connectivity index (χ4v) is 2.03. The third-order valence-corrected chi connectivity index (χ3v) is 2.87. The molecule has 5 heteroatoms. The monoisotopic (exact) mass is 214 g/mol. The molecular formula is C9H18N4S. The normalized spacial score (nSPS) is 10.5. The van der Waals surface area contributed by atoms with Gasteiger partial charge in [-0.2, -0.15) is 4.37 Å². The third-order valence-electron chi connectivity index (χ3n) is 2.06. The lowest BCUT2D eigenvalue weighted by molar-refractivity contribution is 0.750. The minimum atomic E-state index is 0.732. The van der Waals surface area contributed by atoms with Crippen LogP contribution in [0.4, 0.5) is 5.13 Å². The summed E-state index contributed by atoms with van der Waals surface area (Å²) in [5.74, 6) is 0.941. The second kappa shape index (κ2) is 5.93. The third kappa shape index (κ3) is 2.92. The standard InChI is InChI=1S/C9H18N4S/c1-3-8-11-9(14-12-8)13(4-2)7-5-6-10/h3-7,10H2,1-2H3. The molecule has 0 aliphatic carbocycles. The van der Waals surface area contributed by atoms with Gasteiger partial charge in [0, 0.05) is 31.0 Å². The van der Waals surface area contributed by atoms with Gasteiger partial charge in [-0.25, -0.2) is 4.98 Å². The van der Waals surface area contributed by atoms with E-state index in [0.29, 0.717) is 0 Å². The van der Waals surface area contributed by atoms with Gasteiger partial charge in [-0.15, -0.1) is 0 Å². The average Bonchev–Trinajstić information content (AvgIpc) is 2.68. The van der Waals surface area contributed by atoms with Crippen LogP contribution >= 0.6 is 11.5 Å². The van der Waals surface area contributed by atoms with Gasteiger partial charge in [0.1, 0.15) is 5.82 Å². The molecule has 2 N–H and O–H groups in total. The Hall–Kier alpha value is -0.680. The topological polar surface area (TPSA) is 55.0 Å². The molecule has 1 heterocycles. The number of rotatable bonds is 6. The molecule has 1 rings (SSSR count). The number of nitrogens with zero attached hydrogens (tertiary/aromatic N) is 3. The van der Waals surface area contributed by atoms with Crippen LogP contribution in [-0.2, 0) is 6.42 Å². The molecule has 80 valence electrons. The Kier molecular flexibility index (Phi) is 4.82. The Morgan fingerprint density at radius 3 is 2.71 bits per heavy atom. The number of aryl methyl sites for hydroxylation is 1. The molecule has 0 saturated carbocycles. The van der Waals surface area contributed by atoms with E-state index in [1.807, 2.05) is 0 Å². The lowest BCUT2D eigenvalue weighted by Gasteiger charge is -2.18. The van der Waals surface area contributed by atoms with Crippen LogP contribution in [0, 0.1) is 0 Å². The van der Waals surface area contributed by atoms with Gasteiger partial charge in [0.2, 0.25) is 5.13 Å². The van der Waals surface area contributed by atoms with Crippen molar-refractivity contribution in [3.05, 3.63) is 5.82 Å². The maximum atomic E-state index is 5.48. The first-order chi connectivity index (χ1) is 6.81. The van der Waals surface area contributed by atoms with Crippen LogP contribution in [0.1, 0.15) is 26.1 Å². The quantitative estimate of drug-likeness (QED) is 0.775. The molecule has 0 bridgehead atoms. The zero-order valence-electron chi connectivity index (χ0n) is 8.86. The van der Waals surface area contributed by atoms with Crippen molar-refractivity contribution in [1.82, 2.24) is 9.36 Å². The zero-order chi connectivity index (χ0) is 10.4. The highest BCUT2D eigenvalue weighted by Gasteiger charge is 2.08. The highest BCUT2D eigenvalue weighted by molar-refractivity contribution is 7.09. The summed E-state index contributed by atoms with van der Waals surface area (Å²) in [6, 6.07) is 0. The zero-order valence-corrected chi connectivity index (χ0v) is 9.68. The molecule has 0 radical (unpaired) electrons. The van der Waals surface area contributed by atoms with Gasteiger partial charge in [-0.3, -0.25) is 0 Å². The van der Waals surface area contributed by atoms with Gasteiger partial charge in [-0.05, 0) is 19.9 Å². The van der Waals surface area contributed by atoms with E-state index in [4.69, 9.17) is 5.73 Å². The Bertz CT molecular complexity index is 261. The van der Waals surface area contributed by atoms with Gasteiger partial charge in [0.25, 0.3) is 0 Å². The average molecular weight is 214 g/mol. The molecule has 1 aromatic heterocycles. The molecule has 0 spiro atoms. The highest BCUT2D eigenvalue weighted by atomic mass is 32.1. The van der Waals surface area contributed by atoms with Crippen molar-refractivity contribution in [3.63, 3.8) is 0 Å². The molecule has 0 aromatic carbocycles. The van der Waals surface area contributed by atoms with Crippen molar-refractivity contribution in [2.24, 2.45) is 5.73 Å². The van der Waals surface area contributed by atoms with E-state index >= 15 is 0 Å². The van der Waals surface area contributed by atoms with Crippen molar-refractivity contribution >= 4 is 16.7 Å². The predicted molar refractivity (Wildman–Crippen MR) is 60.8 cm³/mol. The van der Waals surface area contributed by atoms with Crippen LogP contribution < -0.4 is 10.6 Å². The molecule has 0 amide bonds. The van der Waals surface area contributed by atoms with Crippen molar-refractivity contribution in [2.75, 3.05) is 24.5 Å². The van der Waals surface area contributed by atoms with Gasteiger partial charge in [0.05, 0.1) is 0 Å². The van der Waals surface area contributed by atoms with E-state index in [1.54, 1.807) is 0 Å². The summed E-state index contributed by atoms with van der Waals surface area (Å²) in [6.07, 6.45) is 1.92. The predicted octanol–water partition coefficient (Wildman–Crippen LogP) is 1.28. The molecule has 0 atom stereocenters. The summed E-state index contributed by atoms with van der Waals surface area (Å²) in [4.78, 5) is 6.67. The summed E-state index contributed by atoms with van der Waals surface area (Å²) in [7, 11) is 0. The Morgan fingerprint density at radius 2 is 2.21 bits per heavy atom. The second-order valence-corrected chi connectivity index (χ2v) is 3.80. The summed E-state index contributed by atoms with van der Waals surface area (Å²) in [6.45, 7) is 6.88. The van der Waals surface area contributed by atoms with Crippen LogP contribution in [0.2, 0.25) is 0 Å². The molecular weight excluding hydrogens is 196 g/mol. The minimum absolute atomic E-state index is 0.732. The first-order valence-electron chi connectivity index (χ1n) is 5.09. The Morgan fingerprint density at radius 1 is 1.43 bits per heavy atom. The van der Waals surface area contributed by atoms with Crippen molar-refractivity contribution in [2.45, 2.75) is 26.7 Å². The van der Waals surface area contributed by atoms with Crippen LogP contribution in [-0.4, -0.2) is 29.0 Å². The number of hydrogen-bond acceptors (Lipinski definition) is 5. The maximum Gasteiger partial charge on any atom is 0.205 e. The summed E-state index contributed by atoms with van der Waals surface area (Å²) < 4.78 is 4.27.